The van der Waals surface area contributed by atoms with E-state index in [1.165, 1.54) is 10.7 Å². The Morgan fingerprint density at radius 3 is 3.00 bits per heavy atom. The van der Waals surface area contributed by atoms with Crippen LogP contribution in [0.5, 0.6) is 0 Å². The third kappa shape index (κ3) is 2.60. The summed E-state index contributed by atoms with van der Waals surface area (Å²) in [7, 11) is 0. The summed E-state index contributed by atoms with van der Waals surface area (Å²) in [6.45, 7) is 2.35. The monoisotopic (exact) mass is 179 g/mol. The second kappa shape index (κ2) is 4.26. The first kappa shape index (κ1) is 9.26. The second-order valence-electron chi connectivity index (χ2n) is 2.34. The molecule has 1 aromatic rings. The number of nitrogens with zero attached hydrogens (tertiary/aromatic N) is 3. The van der Waals surface area contributed by atoms with Crippen molar-refractivity contribution in [2.24, 2.45) is 0 Å². The highest BCUT2D eigenvalue weighted by Gasteiger charge is 2.08. The first-order valence-corrected chi connectivity index (χ1v) is 3.87. The van der Waals surface area contributed by atoms with Crippen molar-refractivity contribution in [3.8, 4) is 11.8 Å². The zero-order valence-electron chi connectivity index (χ0n) is 7.23. The Morgan fingerprint density at radius 1 is 1.69 bits per heavy atom. The standard InChI is InChI=1S/C8H9N3O2/c1-2-3-4-6-10-7-5-8(9-10)11(12)13/h5,7H,2,6H2,1H3. The summed E-state index contributed by atoms with van der Waals surface area (Å²) in [5.41, 5.74) is 0. The van der Waals surface area contributed by atoms with Crippen LogP contribution in [0.1, 0.15) is 13.3 Å². The maximum absolute atomic E-state index is 10.2. The van der Waals surface area contributed by atoms with Crippen molar-refractivity contribution >= 4 is 5.82 Å². The van der Waals surface area contributed by atoms with Gasteiger partial charge in [0.05, 0.1) is 17.4 Å². The molecule has 0 amide bonds. The van der Waals surface area contributed by atoms with Crippen LogP contribution in [0, 0.1) is 22.0 Å². The van der Waals surface area contributed by atoms with Gasteiger partial charge in [0, 0.05) is 6.42 Å². The summed E-state index contributed by atoms with van der Waals surface area (Å²) >= 11 is 0. The smallest absolute Gasteiger partial charge is 0.358 e. The molecule has 0 radical (unpaired) electrons. The highest BCUT2D eigenvalue weighted by molar-refractivity contribution is 5.14. The molecule has 1 rings (SSSR count). The zero-order chi connectivity index (χ0) is 9.68. The number of hydrogen-bond acceptors (Lipinski definition) is 3. The van der Waals surface area contributed by atoms with Gasteiger partial charge in [-0.3, -0.25) is 0 Å². The molecule has 0 fully saturated rings. The molecule has 0 spiro atoms. The lowest BCUT2D eigenvalue weighted by Crippen LogP contribution is -1.97. The molecule has 0 aliphatic heterocycles. The van der Waals surface area contributed by atoms with Gasteiger partial charge in [-0.15, -0.1) is 5.92 Å². The van der Waals surface area contributed by atoms with E-state index in [1.807, 2.05) is 6.92 Å². The van der Waals surface area contributed by atoms with Gasteiger partial charge in [0.2, 0.25) is 0 Å². The van der Waals surface area contributed by atoms with Crippen molar-refractivity contribution in [3.63, 3.8) is 0 Å². The molecule has 1 heterocycles. The summed E-state index contributed by atoms with van der Waals surface area (Å²) in [6, 6.07) is 1.35. The predicted octanol–water partition coefficient (Wildman–Crippen LogP) is 1.20. The van der Waals surface area contributed by atoms with Crippen molar-refractivity contribution in [1.29, 1.82) is 0 Å². The Balaban J connectivity index is 2.64. The maximum Gasteiger partial charge on any atom is 0.389 e. The van der Waals surface area contributed by atoms with Gasteiger partial charge in [-0.2, -0.15) is 4.68 Å². The first-order valence-electron chi connectivity index (χ1n) is 3.87. The van der Waals surface area contributed by atoms with Crippen LogP contribution in [-0.4, -0.2) is 14.7 Å². The van der Waals surface area contributed by atoms with Crippen LogP contribution >= 0.6 is 0 Å². The fraction of sp³-hybridized carbons (Fsp3) is 0.375. The zero-order valence-corrected chi connectivity index (χ0v) is 7.23. The van der Waals surface area contributed by atoms with E-state index in [9.17, 15) is 10.1 Å². The average Bonchev–Trinajstić information content (AvgIpc) is 2.53. The Labute approximate surface area is 75.5 Å². The molecule has 5 nitrogen and oxygen atoms in total. The highest BCUT2D eigenvalue weighted by atomic mass is 16.6. The summed E-state index contributed by atoms with van der Waals surface area (Å²) in [4.78, 5) is 9.71. The maximum atomic E-state index is 10.2. The molecule has 68 valence electrons. The molecular weight excluding hydrogens is 170 g/mol. The molecule has 13 heavy (non-hydrogen) atoms. The predicted molar refractivity (Wildman–Crippen MR) is 46.9 cm³/mol. The lowest BCUT2D eigenvalue weighted by atomic mass is 10.5. The summed E-state index contributed by atoms with van der Waals surface area (Å²) in [5, 5.41) is 13.9. The third-order valence-corrected chi connectivity index (χ3v) is 1.36. The van der Waals surface area contributed by atoms with Crippen LogP contribution in [0.25, 0.3) is 0 Å². The number of aromatic nitrogens is 2. The molecule has 0 saturated carbocycles. The molecule has 0 saturated heterocycles. The Hall–Kier alpha value is -1.83. The normalized spacial score (nSPS) is 9.00. The molecule has 0 N–H and O–H groups in total. The lowest BCUT2D eigenvalue weighted by molar-refractivity contribution is -0.389. The summed E-state index contributed by atoms with van der Waals surface area (Å²) in [5.74, 6) is 5.55. The van der Waals surface area contributed by atoms with Crippen LogP contribution in [0.15, 0.2) is 12.3 Å². The van der Waals surface area contributed by atoms with Crippen LogP contribution in [0.2, 0.25) is 0 Å². The van der Waals surface area contributed by atoms with Gasteiger partial charge in [0.15, 0.2) is 0 Å². The molecule has 0 aliphatic rings. The average molecular weight is 179 g/mol. The molecule has 0 aromatic carbocycles. The van der Waals surface area contributed by atoms with Gasteiger partial charge in [0.25, 0.3) is 0 Å². The fourth-order valence-electron chi connectivity index (χ4n) is 0.798. The van der Waals surface area contributed by atoms with E-state index in [-0.39, 0.29) is 5.82 Å². The van der Waals surface area contributed by atoms with Gasteiger partial charge < -0.3 is 10.1 Å². The topological polar surface area (TPSA) is 61.0 Å². The number of rotatable bonds is 2. The van der Waals surface area contributed by atoms with Gasteiger partial charge in [-0.05, 0) is 4.92 Å². The molecule has 1 aromatic heterocycles. The second-order valence-corrected chi connectivity index (χ2v) is 2.34. The lowest BCUT2D eigenvalue weighted by Gasteiger charge is -1.85. The third-order valence-electron chi connectivity index (χ3n) is 1.36. The molecule has 0 atom stereocenters. The van der Waals surface area contributed by atoms with Gasteiger partial charge in [0.1, 0.15) is 6.54 Å². The van der Waals surface area contributed by atoms with Gasteiger partial charge in [-0.25, -0.2) is 0 Å². The van der Waals surface area contributed by atoms with Gasteiger partial charge in [-0.1, -0.05) is 12.8 Å². The Morgan fingerprint density at radius 2 is 2.46 bits per heavy atom. The van der Waals surface area contributed by atoms with Crippen molar-refractivity contribution < 1.29 is 4.92 Å². The SMILES string of the molecule is CCC#CCn1ccc([N+](=O)[O-])n1. The van der Waals surface area contributed by atoms with Crippen LogP contribution in [-0.2, 0) is 6.54 Å². The highest BCUT2D eigenvalue weighted by Crippen LogP contribution is 2.04. The van der Waals surface area contributed by atoms with Gasteiger partial charge >= 0.3 is 5.82 Å². The van der Waals surface area contributed by atoms with E-state index in [0.29, 0.717) is 6.54 Å². The van der Waals surface area contributed by atoms with Crippen molar-refractivity contribution in [2.75, 3.05) is 0 Å². The molecular formula is C8H9N3O2. The summed E-state index contributed by atoms with van der Waals surface area (Å²) < 4.78 is 1.45. The molecule has 0 aliphatic carbocycles. The van der Waals surface area contributed by atoms with E-state index < -0.39 is 4.92 Å². The Kier molecular flexibility index (Phi) is 3.03. The molecule has 5 heteroatoms. The van der Waals surface area contributed by atoms with E-state index >= 15 is 0 Å². The van der Waals surface area contributed by atoms with E-state index in [4.69, 9.17) is 0 Å². The van der Waals surface area contributed by atoms with Crippen LogP contribution in [0.4, 0.5) is 5.82 Å². The minimum atomic E-state index is -0.524. The quantitative estimate of drug-likeness (QED) is 0.389. The first-order chi connectivity index (χ1) is 6.24. The van der Waals surface area contributed by atoms with E-state index in [0.717, 1.165) is 6.42 Å². The summed E-state index contributed by atoms with van der Waals surface area (Å²) in [6.07, 6.45) is 2.33. The van der Waals surface area contributed by atoms with E-state index in [2.05, 4.69) is 16.9 Å². The number of nitro groups is 1. The van der Waals surface area contributed by atoms with Crippen LogP contribution in [0.3, 0.4) is 0 Å². The molecule has 0 unspecified atom stereocenters. The largest absolute Gasteiger partial charge is 0.389 e. The minimum Gasteiger partial charge on any atom is -0.358 e. The number of hydrogen-bond donors (Lipinski definition) is 0. The fourth-order valence-corrected chi connectivity index (χ4v) is 0.798. The van der Waals surface area contributed by atoms with Crippen LogP contribution < -0.4 is 0 Å². The molecule has 0 bridgehead atoms. The Bertz CT molecular complexity index is 359. The minimum absolute atomic E-state index is 0.140. The van der Waals surface area contributed by atoms with Crippen molar-refractivity contribution in [2.45, 2.75) is 19.9 Å². The van der Waals surface area contributed by atoms with Crippen molar-refractivity contribution in [1.82, 2.24) is 9.78 Å². The van der Waals surface area contributed by atoms with Crippen molar-refractivity contribution in [3.05, 3.63) is 22.4 Å². The van der Waals surface area contributed by atoms with E-state index in [1.54, 1.807) is 6.20 Å².